The van der Waals surface area contributed by atoms with Gasteiger partial charge in [-0.15, -0.1) is 0 Å². The molecule has 0 fully saturated rings. The van der Waals surface area contributed by atoms with Gasteiger partial charge in [-0.05, 0) is 18.4 Å². The summed E-state index contributed by atoms with van der Waals surface area (Å²) in [5.41, 5.74) is 0.654. The minimum atomic E-state index is -0.494. The molecule has 2 amide bonds. The van der Waals surface area contributed by atoms with Crippen LogP contribution in [0.2, 0.25) is 0 Å². The van der Waals surface area contributed by atoms with Crippen molar-refractivity contribution in [2.24, 2.45) is 5.84 Å². The average molecular weight is 256 g/mol. The molecule has 0 spiro atoms. The summed E-state index contributed by atoms with van der Waals surface area (Å²) in [6.07, 6.45) is 0. The minimum absolute atomic E-state index is 0.301. The number of nitrogens with two attached hydrogens (primary N) is 1. The Morgan fingerprint density at radius 2 is 1.84 bits per heavy atom. The highest BCUT2D eigenvalue weighted by atomic mass is 16.5. The smallest absolute Gasteiger partial charge is 0.276 e. The topological polar surface area (TPSA) is 72.6 Å². The number of ether oxygens (including phenoxy) is 1. The number of nitrogens with zero attached hydrogens (tertiary/aromatic N) is 1. The molecule has 19 heavy (non-hydrogen) atoms. The number of carbonyl (C=O) groups is 2. The van der Waals surface area contributed by atoms with E-state index in [0.717, 1.165) is 5.39 Å². The number of benzene rings is 2. The van der Waals surface area contributed by atoms with Crippen LogP contribution in [0.4, 0.5) is 0 Å². The number of rotatable bonds is 2. The van der Waals surface area contributed by atoms with E-state index in [-0.39, 0.29) is 0 Å². The number of amides is 2. The van der Waals surface area contributed by atoms with E-state index in [9.17, 15) is 9.59 Å². The van der Waals surface area contributed by atoms with Crippen molar-refractivity contribution in [1.29, 1.82) is 0 Å². The molecule has 0 atom stereocenters. The lowest BCUT2D eigenvalue weighted by molar-refractivity contribution is 0.0654. The molecule has 0 saturated heterocycles. The fourth-order valence-electron chi connectivity index (χ4n) is 2.36. The zero-order chi connectivity index (χ0) is 13.6. The number of imide groups is 1. The van der Waals surface area contributed by atoms with E-state index in [4.69, 9.17) is 10.6 Å². The van der Waals surface area contributed by atoms with E-state index in [0.29, 0.717) is 33.9 Å². The predicted octanol–water partition coefficient (Wildman–Crippen LogP) is 1.71. The third-order valence-corrected chi connectivity index (χ3v) is 3.19. The fraction of sp³-hybridized carbons (Fsp3) is 0.143. The molecule has 2 N–H and O–H groups in total. The number of hydrazine groups is 1. The van der Waals surface area contributed by atoms with Crippen LogP contribution in [0.25, 0.3) is 10.8 Å². The Hall–Kier alpha value is -2.40. The second-order valence-corrected chi connectivity index (χ2v) is 4.26. The third kappa shape index (κ3) is 1.52. The first-order chi connectivity index (χ1) is 9.15. The van der Waals surface area contributed by atoms with Crippen molar-refractivity contribution in [3.8, 4) is 5.75 Å². The Morgan fingerprint density at radius 1 is 1.16 bits per heavy atom. The molecule has 0 aromatic heterocycles. The Labute approximate surface area is 109 Å². The molecule has 96 valence electrons. The SMILES string of the molecule is CCOc1cc2c(c3ccccc13)C(=O)N(N)C2=O. The molecule has 0 radical (unpaired) electrons. The fourth-order valence-corrected chi connectivity index (χ4v) is 2.36. The first-order valence-corrected chi connectivity index (χ1v) is 5.97. The van der Waals surface area contributed by atoms with Gasteiger partial charge in [0.1, 0.15) is 5.75 Å². The van der Waals surface area contributed by atoms with Gasteiger partial charge in [0.25, 0.3) is 11.8 Å². The molecule has 3 rings (SSSR count). The van der Waals surface area contributed by atoms with Gasteiger partial charge in [-0.3, -0.25) is 9.59 Å². The van der Waals surface area contributed by atoms with Crippen molar-refractivity contribution in [2.45, 2.75) is 6.92 Å². The summed E-state index contributed by atoms with van der Waals surface area (Å²) in [5, 5.41) is 2.14. The lowest BCUT2D eigenvalue weighted by atomic mass is 9.99. The number of fused-ring (bicyclic) bond motifs is 3. The summed E-state index contributed by atoms with van der Waals surface area (Å²) in [5.74, 6) is 5.10. The quantitative estimate of drug-likeness (QED) is 0.504. The van der Waals surface area contributed by atoms with Crippen molar-refractivity contribution in [3.05, 3.63) is 41.5 Å². The molecule has 5 heteroatoms. The zero-order valence-electron chi connectivity index (χ0n) is 10.3. The van der Waals surface area contributed by atoms with Crippen LogP contribution in [0.5, 0.6) is 5.75 Å². The lowest BCUT2D eigenvalue weighted by Gasteiger charge is -2.09. The largest absolute Gasteiger partial charge is 0.493 e. The van der Waals surface area contributed by atoms with Crippen LogP contribution in [0, 0.1) is 0 Å². The van der Waals surface area contributed by atoms with Crippen LogP contribution in [0.3, 0.4) is 0 Å². The lowest BCUT2D eigenvalue weighted by Crippen LogP contribution is -2.36. The first kappa shape index (κ1) is 11.7. The van der Waals surface area contributed by atoms with Crippen LogP contribution in [0.15, 0.2) is 30.3 Å². The molecular formula is C14H12N2O3. The van der Waals surface area contributed by atoms with Crippen LogP contribution >= 0.6 is 0 Å². The van der Waals surface area contributed by atoms with Crippen molar-refractivity contribution in [2.75, 3.05) is 6.61 Å². The Bertz CT molecular complexity index is 709. The maximum Gasteiger partial charge on any atom is 0.276 e. The van der Waals surface area contributed by atoms with Gasteiger partial charge in [-0.2, -0.15) is 0 Å². The Kier molecular flexibility index (Phi) is 2.50. The van der Waals surface area contributed by atoms with Gasteiger partial charge < -0.3 is 4.74 Å². The van der Waals surface area contributed by atoms with Crippen LogP contribution < -0.4 is 10.6 Å². The van der Waals surface area contributed by atoms with Crippen LogP contribution in [0.1, 0.15) is 27.6 Å². The number of carbonyl (C=O) groups excluding carboxylic acids is 2. The molecule has 2 aromatic carbocycles. The summed E-state index contributed by atoms with van der Waals surface area (Å²) in [4.78, 5) is 24.0. The summed E-state index contributed by atoms with van der Waals surface area (Å²) in [6.45, 7) is 2.35. The molecule has 0 saturated carbocycles. The molecule has 1 aliphatic rings. The van der Waals surface area contributed by atoms with Crippen molar-refractivity contribution in [3.63, 3.8) is 0 Å². The van der Waals surface area contributed by atoms with Gasteiger partial charge in [0.15, 0.2) is 0 Å². The summed E-state index contributed by atoms with van der Waals surface area (Å²) >= 11 is 0. The van der Waals surface area contributed by atoms with Crippen LogP contribution in [-0.4, -0.2) is 23.4 Å². The second-order valence-electron chi connectivity index (χ2n) is 4.26. The summed E-state index contributed by atoms with van der Waals surface area (Å²) in [6, 6.07) is 8.92. The van der Waals surface area contributed by atoms with E-state index >= 15 is 0 Å². The van der Waals surface area contributed by atoms with Crippen molar-refractivity contribution < 1.29 is 14.3 Å². The predicted molar refractivity (Wildman–Crippen MR) is 69.8 cm³/mol. The summed E-state index contributed by atoms with van der Waals surface area (Å²) < 4.78 is 5.54. The second kappa shape index (κ2) is 4.07. The molecular weight excluding hydrogens is 244 g/mol. The Morgan fingerprint density at radius 3 is 2.53 bits per heavy atom. The number of hydrogen-bond donors (Lipinski definition) is 1. The molecule has 1 aliphatic heterocycles. The van der Waals surface area contributed by atoms with E-state index in [1.165, 1.54) is 0 Å². The van der Waals surface area contributed by atoms with Gasteiger partial charge >= 0.3 is 0 Å². The van der Waals surface area contributed by atoms with Crippen molar-refractivity contribution in [1.82, 2.24) is 5.01 Å². The molecule has 0 bridgehead atoms. The molecule has 0 aliphatic carbocycles. The molecule has 1 heterocycles. The zero-order valence-corrected chi connectivity index (χ0v) is 10.3. The van der Waals surface area contributed by atoms with Gasteiger partial charge in [0.2, 0.25) is 0 Å². The highest BCUT2D eigenvalue weighted by Crippen LogP contribution is 2.35. The van der Waals surface area contributed by atoms with Gasteiger partial charge in [-0.1, -0.05) is 24.3 Å². The van der Waals surface area contributed by atoms with Crippen molar-refractivity contribution >= 4 is 22.6 Å². The highest BCUT2D eigenvalue weighted by molar-refractivity contribution is 6.26. The van der Waals surface area contributed by atoms with Gasteiger partial charge in [0, 0.05) is 5.39 Å². The average Bonchev–Trinajstić information content (AvgIpc) is 2.64. The molecule has 5 nitrogen and oxygen atoms in total. The highest BCUT2D eigenvalue weighted by Gasteiger charge is 2.36. The number of hydrogen-bond acceptors (Lipinski definition) is 4. The Balaban J connectivity index is 2.40. The summed E-state index contributed by atoms with van der Waals surface area (Å²) in [7, 11) is 0. The molecule has 2 aromatic rings. The molecule has 0 unspecified atom stereocenters. The monoisotopic (exact) mass is 256 g/mol. The normalized spacial score (nSPS) is 14.1. The van der Waals surface area contributed by atoms with E-state index in [2.05, 4.69) is 0 Å². The van der Waals surface area contributed by atoms with Gasteiger partial charge in [0.05, 0.1) is 17.7 Å². The maximum absolute atomic E-state index is 12.0. The minimum Gasteiger partial charge on any atom is -0.493 e. The van der Waals surface area contributed by atoms with E-state index < -0.39 is 11.8 Å². The first-order valence-electron chi connectivity index (χ1n) is 5.97. The van der Waals surface area contributed by atoms with Crippen LogP contribution in [-0.2, 0) is 0 Å². The maximum atomic E-state index is 12.0. The van der Waals surface area contributed by atoms with Gasteiger partial charge in [-0.25, -0.2) is 10.9 Å². The van der Waals surface area contributed by atoms with E-state index in [1.807, 2.05) is 25.1 Å². The van der Waals surface area contributed by atoms with E-state index in [1.54, 1.807) is 12.1 Å². The standard InChI is InChI=1S/C14H12N2O3/c1-2-19-11-7-10-12(14(18)16(15)13(10)17)9-6-4-3-5-8(9)11/h3-7H,2,15H2,1H3. The third-order valence-electron chi connectivity index (χ3n) is 3.19.